The second-order valence-corrected chi connectivity index (χ2v) is 9.41. The molecule has 0 N–H and O–H groups in total. The highest BCUT2D eigenvalue weighted by Gasteiger charge is 2.55. The van der Waals surface area contributed by atoms with Crippen LogP contribution in [0.25, 0.3) is 0 Å². The first-order valence-corrected chi connectivity index (χ1v) is 8.64. The summed E-state index contributed by atoms with van der Waals surface area (Å²) in [6, 6.07) is 2.68. The van der Waals surface area contributed by atoms with Gasteiger partial charge >= 0.3 is 6.18 Å². The van der Waals surface area contributed by atoms with Crippen LogP contribution in [-0.4, -0.2) is 19.5 Å². The predicted octanol–water partition coefficient (Wildman–Crippen LogP) is 3.71. The number of aromatic nitrogens is 1. The van der Waals surface area contributed by atoms with Gasteiger partial charge in [-0.2, -0.15) is 13.2 Å². The van der Waals surface area contributed by atoms with Crippen LogP contribution in [0.2, 0.25) is 19.6 Å². The van der Waals surface area contributed by atoms with E-state index in [0.717, 1.165) is 6.92 Å². The molecule has 1 aromatic heterocycles. The normalized spacial score (nSPS) is 16.6. The van der Waals surface area contributed by atoms with Crippen molar-refractivity contribution in [3.63, 3.8) is 0 Å². The summed E-state index contributed by atoms with van der Waals surface area (Å²) in [5.41, 5.74) is -2.18. The van der Waals surface area contributed by atoms with Crippen LogP contribution in [0.15, 0.2) is 24.5 Å². The zero-order chi connectivity index (χ0) is 13.3. The topological polar surface area (TPSA) is 22.1 Å². The molecule has 1 aromatic rings. The van der Waals surface area contributed by atoms with Crippen LogP contribution in [-0.2, 0) is 10.0 Å². The molecule has 0 aromatic carbocycles. The molecular weight excluding hydrogens is 247 g/mol. The highest BCUT2D eigenvalue weighted by atomic mass is 28.4. The molecule has 0 bridgehead atoms. The van der Waals surface area contributed by atoms with E-state index in [4.69, 9.17) is 4.43 Å². The number of rotatable bonds is 3. The fourth-order valence-electron chi connectivity index (χ4n) is 1.56. The highest BCUT2D eigenvalue weighted by molar-refractivity contribution is 6.69. The van der Waals surface area contributed by atoms with Gasteiger partial charge in [-0.25, -0.2) is 0 Å². The Labute approximate surface area is 100.0 Å². The van der Waals surface area contributed by atoms with Crippen molar-refractivity contribution in [2.75, 3.05) is 0 Å². The lowest BCUT2D eigenvalue weighted by Gasteiger charge is -2.37. The summed E-state index contributed by atoms with van der Waals surface area (Å²) in [6.45, 7) is 6.27. The lowest BCUT2D eigenvalue weighted by Crippen LogP contribution is -2.48. The first-order valence-electron chi connectivity index (χ1n) is 5.24. The molecule has 0 saturated heterocycles. The SMILES string of the molecule is CC(O[Si](C)(C)C)(c1ccncc1)C(F)(F)F. The lowest BCUT2D eigenvalue weighted by molar-refractivity contribution is -0.250. The summed E-state index contributed by atoms with van der Waals surface area (Å²) in [4.78, 5) is 3.73. The standard InChI is InChI=1S/C11H16F3NOSi/c1-10(11(12,13)14,16-17(2,3)4)9-5-7-15-8-6-9/h5-8H,1-4H3. The summed E-state index contributed by atoms with van der Waals surface area (Å²) >= 11 is 0. The maximum absolute atomic E-state index is 13.2. The molecule has 1 atom stereocenters. The quantitative estimate of drug-likeness (QED) is 0.776. The predicted molar refractivity (Wildman–Crippen MR) is 62.1 cm³/mol. The molecule has 1 unspecified atom stereocenters. The Bertz CT molecular complexity index is 375. The van der Waals surface area contributed by atoms with Gasteiger partial charge < -0.3 is 4.43 Å². The zero-order valence-electron chi connectivity index (χ0n) is 10.3. The van der Waals surface area contributed by atoms with E-state index in [9.17, 15) is 13.2 Å². The van der Waals surface area contributed by atoms with Crippen molar-refractivity contribution in [2.24, 2.45) is 0 Å². The summed E-state index contributed by atoms with van der Waals surface area (Å²) in [5.74, 6) is 0. The van der Waals surface area contributed by atoms with Crippen LogP contribution in [0.1, 0.15) is 12.5 Å². The molecule has 0 aliphatic rings. The molecule has 0 spiro atoms. The third-order valence-corrected chi connectivity index (χ3v) is 3.30. The number of hydrogen-bond donors (Lipinski definition) is 0. The fourth-order valence-corrected chi connectivity index (χ4v) is 3.02. The number of halogens is 3. The first-order chi connectivity index (χ1) is 7.56. The minimum absolute atomic E-state index is 0.0856. The van der Waals surface area contributed by atoms with Crippen LogP contribution in [0.3, 0.4) is 0 Å². The summed E-state index contributed by atoms with van der Waals surface area (Å²) in [5, 5.41) is 0. The van der Waals surface area contributed by atoms with Crippen molar-refractivity contribution >= 4 is 8.32 Å². The van der Waals surface area contributed by atoms with Gasteiger partial charge in [0.15, 0.2) is 13.9 Å². The van der Waals surface area contributed by atoms with E-state index in [2.05, 4.69) is 4.98 Å². The van der Waals surface area contributed by atoms with Gasteiger partial charge in [0, 0.05) is 12.4 Å². The van der Waals surface area contributed by atoms with Crippen LogP contribution in [0.4, 0.5) is 13.2 Å². The van der Waals surface area contributed by atoms with E-state index in [0.29, 0.717) is 0 Å². The first kappa shape index (κ1) is 14.2. The summed E-state index contributed by atoms with van der Waals surface area (Å²) in [6.07, 6.45) is -1.77. The van der Waals surface area contributed by atoms with Crippen LogP contribution < -0.4 is 0 Å². The van der Waals surface area contributed by atoms with Gasteiger partial charge in [-0.05, 0) is 44.3 Å². The van der Waals surface area contributed by atoms with Gasteiger partial charge in [-0.1, -0.05) is 0 Å². The summed E-state index contributed by atoms with van der Waals surface area (Å²) < 4.78 is 45.0. The van der Waals surface area contributed by atoms with Crippen molar-refractivity contribution in [1.82, 2.24) is 4.98 Å². The molecule has 0 radical (unpaired) electrons. The molecule has 17 heavy (non-hydrogen) atoms. The Morgan fingerprint density at radius 3 is 1.94 bits per heavy atom. The van der Waals surface area contributed by atoms with Crippen molar-refractivity contribution in [3.8, 4) is 0 Å². The molecule has 1 rings (SSSR count). The Balaban J connectivity index is 3.22. The largest absolute Gasteiger partial charge is 0.420 e. The summed E-state index contributed by atoms with van der Waals surface area (Å²) in [7, 11) is -2.33. The zero-order valence-corrected chi connectivity index (χ0v) is 11.3. The van der Waals surface area contributed by atoms with Crippen molar-refractivity contribution in [2.45, 2.75) is 38.3 Å². The van der Waals surface area contributed by atoms with Gasteiger partial charge in [0.1, 0.15) is 0 Å². The third-order valence-electron chi connectivity index (χ3n) is 2.28. The van der Waals surface area contributed by atoms with E-state index in [-0.39, 0.29) is 5.56 Å². The van der Waals surface area contributed by atoms with Gasteiger partial charge in [0.2, 0.25) is 0 Å². The van der Waals surface area contributed by atoms with Gasteiger partial charge in [-0.3, -0.25) is 4.98 Å². The van der Waals surface area contributed by atoms with E-state index in [1.807, 2.05) is 0 Å². The number of nitrogens with zero attached hydrogens (tertiary/aromatic N) is 1. The fraction of sp³-hybridized carbons (Fsp3) is 0.545. The number of alkyl halides is 3. The Morgan fingerprint density at radius 1 is 1.12 bits per heavy atom. The molecule has 6 heteroatoms. The number of hydrogen-bond acceptors (Lipinski definition) is 2. The maximum atomic E-state index is 13.2. The maximum Gasteiger partial charge on any atom is 0.420 e. The smallest absolute Gasteiger partial charge is 0.401 e. The van der Waals surface area contributed by atoms with Crippen molar-refractivity contribution in [1.29, 1.82) is 0 Å². The van der Waals surface area contributed by atoms with E-state index in [1.165, 1.54) is 24.5 Å². The monoisotopic (exact) mass is 263 g/mol. The molecule has 0 aliphatic heterocycles. The number of pyridine rings is 1. The van der Waals surface area contributed by atoms with E-state index < -0.39 is 20.1 Å². The van der Waals surface area contributed by atoms with E-state index >= 15 is 0 Å². The van der Waals surface area contributed by atoms with Crippen LogP contribution in [0, 0.1) is 0 Å². The Hall–Kier alpha value is -0.883. The second-order valence-electron chi connectivity index (χ2n) is 4.98. The Morgan fingerprint density at radius 2 is 1.59 bits per heavy atom. The van der Waals surface area contributed by atoms with Gasteiger partial charge in [0.05, 0.1) is 0 Å². The average Bonchev–Trinajstić information content (AvgIpc) is 2.14. The molecule has 0 amide bonds. The van der Waals surface area contributed by atoms with Crippen molar-refractivity contribution < 1.29 is 17.6 Å². The van der Waals surface area contributed by atoms with Crippen LogP contribution in [0.5, 0.6) is 0 Å². The van der Waals surface area contributed by atoms with Crippen molar-refractivity contribution in [3.05, 3.63) is 30.1 Å². The molecular formula is C11H16F3NOSi. The minimum Gasteiger partial charge on any atom is -0.401 e. The van der Waals surface area contributed by atoms with E-state index in [1.54, 1.807) is 19.6 Å². The van der Waals surface area contributed by atoms with Gasteiger partial charge in [-0.15, -0.1) is 0 Å². The molecule has 96 valence electrons. The molecule has 2 nitrogen and oxygen atoms in total. The second kappa shape index (κ2) is 4.42. The molecule has 1 heterocycles. The molecule has 0 aliphatic carbocycles. The lowest BCUT2D eigenvalue weighted by atomic mass is 9.97. The van der Waals surface area contributed by atoms with Gasteiger partial charge in [0.25, 0.3) is 0 Å². The molecule has 0 fully saturated rings. The minimum atomic E-state index is -4.45. The molecule has 0 saturated carbocycles. The Kier molecular flexibility index (Phi) is 3.68. The third kappa shape index (κ3) is 3.29. The average molecular weight is 263 g/mol. The highest BCUT2D eigenvalue weighted by Crippen LogP contribution is 2.43. The van der Waals surface area contributed by atoms with Crippen LogP contribution >= 0.6 is 0 Å².